The van der Waals surface area contributed by atoms with E-state index in [1.165, 1.54) is 12.3 Å². The molecule has 0 radical (unpaired) electrons. The van der Waals surface area contributed by atoms with Crippen molar-refractivity contribution in [1.82, 2.24) is 0 Å². The van der Waals surface area contributed by atoms with E-state index >= 15 is 0 Å². The van der Waals surface area contributed by atoms with E-state index in [9.17, 15) is 13.2 Å². The van der Waals surface area contributed by atoms with E-state index in [1.807, 2.05) is 35.2 Å². The van der Waals surface area contributed by atoms with Gasteiger partial charge in [0, 0.05) is 18.0 Å². The van der Waals surface area contributed by atoms with E-state index in [-0.39, 0.29) is 24.4 Å². The van der Waals surface area contributed by atoms with Crippen molar-refractivity contribution in [3.63, 3.8) is 0 Å². The van der Waals surface area contributed by atoms with E-state index in [2.05, 4.69) is 0 Å². The van der Waals surface area contributed by atoms with Gasteiger partial charge < -0.3 is 9.64 Å². The zero-order chi connectivity index (χ0) is 14.6. The Balaban J connectivity index is 2.13. The van der Waals surface area contributed by atoms with Crippen LogP contribution in [0.3, 0.4) is 0 Å². The number of hydrogen-bond donors (Lipinski definition) is 0. The molecule has 0 unspecified atom stereocenters. The molecule has 1 atom stereocenters. The minimum Gasteiger partial charge on any atom is -0.464 e. The molecule has 1 aliphatic rings. The molecule has 0 saturated carbocycles. The Morgan fingerprint density at radius 3 is 2.60 bits per heavy atom. The van der Waals surface area contributed by atoms with E-state index in [0.29, 0.717) is 6.54 Å². The topological polar surface area (TPSA) is 63.7 Å². The maximum absolute atomic E-state index is 11.6. The van der Waals surface area contributed by atoms with Crippen LogP contribution in [0.5, 0.6) is 0 Å². The number of esters is 1. The minimum absolute atomic E-state index is 0.0575. The van der Waals surface area contributed by atoms with Crippen molar-refractivity contribution in [3.05, 3.63) is 41.8 Å². The number of para-hydroxylation sites is 1. The van der Waals surface area contributed by atoms with Gasteiger partial charge in [-0.1, -0.05) is 18.2 Å². The lowest BCUT2D eigenvalue weighted by Crippen LogP contribution is -2.38. The third-order valence-electron chi connectivity index (χ3n) is 3.04. The Morgan fingerprint density at radius 2 is 2.05 bits per heavy atom. The van der Waals surface area contributed by atoms with Crippen LogP contribution in [0.4, 0.5) is 5.69 Å². The Kier molecular flexibility index (Phi) is 4.44. The van der Waals surface area contributed by atoms with Crippen molar-refractivity contribution in [2.24, 2.45) is 0 Å². The van der Waals surface area contributed by atoms with Gasteiger partial charge in [-0.05, 0) is 18.2 Å². The number of anilines is 1. The molecule has 0 spiro atoms. The van der Waals surface area contributed by atoms with Gasteiger partial charge in [0.1, 0.15) is 6.61 Å². The predicted octanol–water partition coefficient (Wildman–Crippen LogP) is 1.37. The van der Waals surface area contributed by atoms with Gasteiger partial charge in [-0.25, -0.2) is 8.42 Å². The third-order valence-corrected chi connectivity index (χ3v) is 4.41. The van der Waals surface area contributed by atoms with Gasteiger partial charge >= 0.3 is 5.97 Å². The molecule has 0 saturated heterocycles. The molecule has 6 heteroatoms. The molecule has 1 aromatic rings. The van der Waals surface area contributed by atoms with Gasteiger partial charge in [0.25, 0.3) is 0 Å². The van der Waals surface area contributed by atoms with Crippen molar-refractivity contribution in [3.8, 4) is 0 Å². The number of nitrogens with zero attached hydrogens (tertiary/aromatic N) is 1. The van der Waals surface area contributed by atoms with E-state index in [1.54, 1.807) is 6.08 Å². The monoisotopic (exact) mass is 295 g/mol. The van der Waals surface area contributed by atoms with E-state index < -0.39 is 9.84 Å². The summed E-state index contributed by atoms with van der Waals surface area (Å²) in [6, 6.07) is 9.27. The molecular formula is C14H17NO4S. The fourth-order valence-electron chi connectivity index (χ4n) is 2.15. The lowest BCUT2D eigenvalue weighted by atomic mass is 10.2. The summed E-state index contributed by atoms with van der Waals surface area (Å²) in [4.78, 5) is 12.8. The first-order valence-corrected chi connectivity index (χ1v) is 8.05. The summed E-state index contributed by atoms with van der Waals surface area (Å²) in [6.07, 6.45) is 1.68. The first-order valence-electron chi connectivity index (χ1n) is 6.34. The summed E-state index contributed by atoms with van der Waals surface area (Å²) >= 11 is 0. The van der Waals surface area contributed by atoms with Crippen molar-refractivity contribution >= 4 is 21.5 Å². The molecule has 5 nitrogen and oxygen atoms in total. The number of rotatable bonds is 5. The molecule has 1 aliphatic heterocycles. The first-order chi connectivity index (χ1) is 9.48. The fraction of sp³-hybridized carbons (Fsp3) is 0.357. The summed E-state index contributed by atoms with van der Waals surface area (Å²) in [5.41, 5.74) is 0.909. The lowest BCUT2D eigenvalue weighted by molar-refractivity contribution is -0.140. The van der Waals surface area contributed by atoms with Crippen molar-refractivity contribution in [2.75, 3.05) is 23.8 Å². The molecule has 2 rings (SSSR count). The van der Waals surface area contributed by atoms with Crippen LogP contribution in [0.15, 0.2) is 41.8 Å². The molecular weight excluding hydrogens is 278 g/mol. The largest absolute Gasteiger partial charge is 0.464 e. The lowest BCUT2D eigenvalue weighted by Gasteiger charge is -2.29. The van der Waals surface area contributed by atoms with Gasteiger partial charge in [0.15, 0.2) is 9.84 Å². The molecule has 0 amide bonds. The highest BCUT2D eigenvalue weighted by atomic mass is 32.2. The first kappa shape index (κ1) is 14.6. The van der Waals surface area contributed by atoms with Crippen LogP contribution >= 0.6 is 0 Å². The van der Waals surface area contributed by atoms with Crippen molar-refractivity contribution in [1.29, 1.82) is 0 Å². The second-order valence-electron chi connectivity index (χ2n) is 4.59. The van der Waals surface area contributed by atoms with Gasteiger partial charge in [-0.15, -0.1) is 0 Å². The standard InChI is InChI=1S/C14H17NO4S/c1-12(16)19-9-8-15(13-5-3-2-4-6-13)14-7-10-20(17,18)11-14/h2-7,10,14H,8-9,11H2,1H3/t14-/m0/s1. The summed E-state index contributed by atoms with van der Waals surface area (Å²) in [5.74, 6) is -0.283. The zero-order valence-electron chi connectivity index (χ0n) is 11.2. The van der Waals surface area contributed by atoms with Crippen LogP contribution in [0.25, 0.3) is 0 Å². The second kappa shape index (κ2) is 6.09. The Labute approximate surface area is 118 Å². The fourth-order valence-corrected chi connectivity index (χ4v) is 3.45. The summed E-state index contributed by atoms with van der Waals surface area (Å²) in [5, 5.41) is 1.25. The molecule has 0 aliphatic carbocycles. The summed E-state index contributed by atoms with van der Waals surface area (Å²) in [7, 11) is -3.12. The van der Waals surface area contributed by atoms with Crippen LogP contribution < -0.4 is 4.90 Å². The second-order valence-corrected chi connectivity index (χ2v) is 6.53. The Hall–Kier alpha value is -1.82. The normalized spacial score (nSPS) is 19.8. The number of carbonyl (C=O) groups excluding carboxylic acids is 1. The Morgan fingerprint density at radius 1 is 1.35 bits per heavy atom. The SMILES string of the molecule is CC(=O)OCCN(c1ccccc1)[C@H]1C=CS(=O)(=O)C1. The number of benzene rings is 1. The average molecular weight is 295 g/mol. The molecule has 0 bridgehead atoms. The maximum Gasteiger partial charge on any atom is 0.302 e. The number of hydrogen-bond acceptors (Lipinski definition) is 5. The highest BCUT2D eigenvalue weighted by Crippen LogP contribution is 2.22. The average Bonchev–Trinajstić information content (AvgIpc) is 2.75. The van der Waals surface area contributed by atoms with Crippen LogP contribution in [-0.2, 0) is 19.4 Å². The van der Waals surface area contributed by atoms with Crippen molar-refractivity contribution < 1.29 is 17.9 Å². The number of ether oxygens (including phenoxy) is 1. The minimum atomic E-state index is -3.12. The summed E-state index contributed by atoms with van der Waals surface area (Å²) in [6.45, 7) is 2.04. The van der Waals surface area contributed by atoms with Gasteiger partial charge in [0.2, 0.25) is 0 Å². The maximum atomic E-state index is 11.6. The predicted molar refractivity (Wildman–Crippen MR) is 77.1 cm³/mol. The highest BCUT2D eigenvalue weighted by Gasteiger charge is 2.27. The smallest absolute Gasteiger partial charge is 0.302 e. The molecule has 0 aromatic heterocycles. The van der Waals surface area contributed by atoms with Crippen molar-refractivity contribution in [2.45, 2.75) is 13.0 Å². The zero-order valence-corrected chi connectivity index (χ0v) is 12.0. The van der Waals surface area contributed by atoms with Gasteiger partial charge in [-0.3, -0.25) is 4.79 Å². The molecule has 108 valence electrons. The van der Waals surface area contributed by atoms with E-state index in [4.69, 9.17) is 4.74 Å². The Bertz CT molecular complexity index is 595. The highest BCUT2D eigenvalue weighted by molar-refractivity contribution is 7.94. The van der Waals surface area contributed by atoms with E-state index in [0.717, 1.165) is 5.69 Å². The summed E-state index contributed by atoms with van der Waals surface area (Å²) < 4.78 is 28.1. The molecule has 1 aromatic carbocycles. The van der Waals surface area contributed by atoms with Crippen LogP contribution in [0.1, 0.15) is 6.92 Å². The molecule has 1 heterocycles. The quantitative estimate of drug-likeness (QED) is 0.768. The number of sulfone groups is 1. The third kappa shape index (κ3) is 3.84. The molecule has 20 heavy (non-hydrogen) atoms. The van der Waals surface area contributed by atoms with Crippen LogP contribution in [0, 0.1) is 0 Å². The van der Waals surface area contributed by atoms with Crippen LogP contribution in [-0.4, -0.2) is 39.3 Å². The number of carbonyl (C=O) groups is 1. The van der Waals surface area contributed by atoms with Gasteiger partial charge in [-0.2, -0.15) is 0 Å². The molecule has 0 fully saturated rings. The van der Waals surface area contributed by atoms with Crippen LogP contribution in [0.2, 0.25) is 0 Å². The van der Waals surface area contributed by atoms with Gasteiger partial charge in [0.05, 0.1) is 18.3 Å². The molecule has 0 N–H and O–H groups in total.